The second-order valence-corrected chi connectivity index (χ2v) is 5.93. The van der Waals surface area contributed by atoms with Gasteiger partial charge in [-0.1, -0.05) is 30.4 Å². The van der Waals surface area contributed by atoms with Gasteiger partial charge in [-0.15, -0.1) is 11.8 Å². The van der Waals surface area contributed by atoms with Crippen LogP contribution >= 0.6 is 11.8 Å². The summed E-state index contributed by atoms with van der Waals surface area (Å²) in [7, 11) is 0. The van der Waals surface area contributed by atoms with Gasteiger partial charge in [0, 0.05) is 11.3 Å². The molecule has 0 aromatic heterocycles. The van der Waals surface area contributed by atoms with Crippen LogP contribution in [-0.4, -0.2) is 33.0 Å². The first-order valence-electron chi connectivity index (χ1n) is 6.40. The van der Waals surface area contributed by atoms with Crippen LogP contribution in [0.5, 0.6) is 0 Å². The summed E-state index contributed by atoms with van der Waals surface area (Å²) in [4.78, 5) is 24.3. The lowest BCUT2D eigenvalue weighted by Crippen LogP contribution is -2.53. The Hall–Kier alpha value is -2.08. The van der Waals surface area contributed by atoms with Crippen molar-refractivity contribution in [3.63, 3.8) is 0 Å². The van der Waals surface area contributed by atoms with Crippen molar-refractivity contribution in [1.82, 2.24) is 4.90 Å². The molecule has 1 saturated heterocycles. The smallest absolute Gasteiger partial charge is 0.352 e. The fourth-order valence-electron chi connectivity index (χ4n) is 2.37. The third kappa shape index (κ3) is 2.47. The van der Waals surface area contributed by atoms with E-state index < -0.39 is 5.97 Å². The Morgan fingerprint density at radius 3 is 2.81 bits per heavy atom. The lowest BCUT2D eigenvalue weighted by molar-refractivity contribution is -0.146. The van der Waals surface area contributed by atoms with Crippen molar-refractivity contribution in [3.8, 4) is 0 Å². The van der Waals surface area contributed by atoms with Gasteiger partial charge in [0.15, 0.2) is 0 Å². The van der Waals surface area contributed by atoms with Crippen LogP contribution in [0, 0.1) is 5.82 Å². The van der Waals surface area contributed by atoms with Crippen LogP contribution in [0.2, 0.25) is 0 Å². The summed E-state index contributed by atoms with van der Waals surface area (Å²) in [5.74, 6) is -1.17. The molecule has 1 N–H and O–H groups in total. The van der Waals surface area contributed by atoms with Gasteiger partial charge in [-0.2, -0.15) is 0 Å². The Bertz CT molecular complexity index is 683. The van der Waals surface area contributed by atoms with Crippen LogP contribution in [0.4, 0.5) is 4.39 Å². The highest BCUT2D eigenvalue weighted by atomic mass is 32.2. The predicted molar refractivity (Wildman–Crippen MR) is 77.8 cm³/mol. The number of allylic oxidation sites excluding steroid dienone is 1. The standard InChI is InChI=1S/C15H12FNO3S/c16-11-4-2-1-3-9(11)5-6-10-8-21-13-7-12(18)17(13)14(10)15(19)20/h1-6,13H,7-8H2,(H,19,20)/t13-/m1/s1. The van der Waals surface area contributed by atoms with E-state index >= 15 is 0 Å². The minimum Gasteiger partial charge on any atom is -0.477 e. The molecule has 1 fully saturated rings. The van der Waals surface area contributed by atoms with Crippen molar-refractivity contribution in [3.05, 3.63) is 53.0 Å². The zero-order valence-corrected chi connectivity index (χ0v) is 11.8. The summed E-state index contributed by atoms with van der Waals surface area (Å²) in [6, 6.07) is 6.26. The van der Waals surface area contributed by atoms with Gasteiger partial charge >= 0.3 is 5.97 Å². The van der Waals surface area contributed by atoms with Gasteiger partial charge in [-0.05, 0) is 11.6 Å². The topological polar surface area (TPSA) is 57.6 Å². The zero-order chi connectivity index (χ0) is 15.0. The van der Waals surface area contributed by atoms with Crippen molar-refractivity contribution < 1.29 is 19.1 Å². The minimum atomic E-state index is -1.12. The van der Waals surface area contributed by atoms with E-state index in [2.05, 4.69) is 0 Å². The van der Waals surface area contributed by atoms with Gasteiger partial charge in [0.2, 0.25) is 5.91 Å². The summed E-state index contributed by atoms with van der Waals surface area (Å²) in [6.45, 7) is 0. The molecule has 1 amide bonds. The van der Waals surface area contributed by atoms with Gasteiger partial charge in [-0.25, -0.2) is 9.18 Å². The summed E-state index contributed by atoms with van der Waals surface area (Å²) in [5, 5.41) is 9.26. The molecule has 6 heteroatoms. The third-order valence-corrected chi connectivity index (χ3v) is 4.69. The minimum absolute atomic E-state index is 0.0163. The van der Waals surface area contributed by atoms with Crippen LogP contribution < -0.4 is 0 Å². The molecule has 1 aromatic rings. The number of carboxylic acid groups (broad SMARTS) is 1. The van der Waals surface area contributed by atoms with Gasteiger partial charge in [0.1, 0.15) is 11.5 Å². The van der Waals surface area contributed by atoms with Gasteiger partial charge in [-0.3, -0.25) is 9.69 Å². The molecule has 0 saturated carbocycles. The van der Waals surface area contributed by atoms with Gasteiger partial charge in [0.25, 0.3) is 0 Å². The van der Waals surface area contributed by atoms with E-state index in [9.17, 15) is 19.1 Å². The lowest BCUT2D eigenvalue weighted by atomic mass is 10.1. The number of fused-ring (bicyclic) bond motifs is 1. The van der Waals surface area contributed by atoms with E-state index in [1.807, 2.05) is 0 Å². The number of thioether (sulfide) groups is 1. The molecule has 2 aliphatic rings. The quantitative estimate of drug-likeness (QED) is 0.872. The first-order valence-corrected chi connectivity index (χ1v) is 7.45. The van der Waals surface area contributed by atoms with E-state index in [-0.39, 0.29) is 22.8 Å². The Morgan fingerprint density at radius 1 is 1.38 bits per heavy atom. The van der Waals surface area contributed by atoms with E-state index in [4.69, 9.17) is 0 Å². The molecular formula is C15H12FNO3S. The highest BCUT2D eigenvalue weighted by molar-refractivity contribution is 8.00. The number of carboxylic acids is 1. The normalized spacial score (nSPS) is 21.5. The Kier molecular flexibility index (Phi) is 3.55. The molecule has 0 bridgehead atoms. The molecule has 3 rings (SSSR count). The second kappa shape index (κ2) is 5.37. The fraction of sp³-hybridized carbons (Fsp3) is 0.200. The number of amides is 1. The maximum atomic E-state index is 13.6. The first kappa shape index (κ1) is 13.9. The number of carbonyl (C=O) groups is 2. The Labute approximate surface area is 124 Å². The Morgan fingerprint density at radius 2 is 2.14 bits per heavy atom. The molecule has 108 valence electrons. The molecule has 1 atom stereocenters. The number of hydrogen-bond acceptors (Lipinski definition) is 3. The molecule has 1 aromatic carbocycles. The van der Waals surface area contributed by atoms with Gasteiger partial charge in [0.05, 0.1) is 11.8 Å². The fourth-order valence-corrected chi connectivity index (χ4v) is 3.60. The first-order chi connectivity index (χ1) is 10.1. The van der Waals surface area contributed by atoms with Crippen molar-refractivity contribution >= 4 is 29.7 Å². The largest absolute Gasteiger partial charge is 0.477 e. The molecule has 21 heavy (non-hydrogen) atoms. The monoisotopic (exact) mass is 305 g/mol. The van der Waals surface area contributed by atoms with E-state index in [0.29, 0.717) is 23.3 Å². The summed E-state index contributed by atoms with van der Waals surface area (Å²) >= 11 is 1.52. The van der Waals surface area contributed by atoms with Gasteiger partial charge < -0.3 is 5.11 Å². The molecule has 2 heterocycles. The molecule has 4 nitrogen and oxygen atoms in total. The summed E-state index contributed by atoms with van der Waals surface area (Å²) in [5.41, 5.74) is 0.930. The number of rotatable bonds is 3. The SMILES string of the molecule is O=C(O)C1=C(C=Cc2ccccc2F)CS[C@@H]2CC(=O)N12. The van der Waals surface area contributed by atoms with Crippen LogP contribution in [0.3, 0.4) is 0 Å². The van der Waals surface area contributed by atoms with E-state index in [0.717, 1.165) is 0 Å². The number of β-lactam (4-membered cyclic amide) rings is 1. The molecule has 0 unspecified atom stereocenters. The zero-order valence-electron chi connectivity index (χ0n) is 11.0. The van der Waals surface area contributed by atoms with Crippen molar-refractivity contribution in [2.75, 3.05) is 5.75 Å². The number of carbonyl (C=O) groups excluding carboxylic acids is 1. The predicted octanol–water partition coefficient (Wildman–Crippen LogP) is 2.48. The highest BCUT2D eigenvalue weighted by Gasteiger charge is 2.44. The van der Waals surface area contributed by atoms with Crippen molar-refractivity contribution in [1.29, 1.82) is 0 Å². The van der Waals surface area contributed by atoms with Crippen LogP contribution in [0.25, 0.3) is 6.08 Å². The average Bonchev–Trinajstić information content (AvgIpc) is 2.45. The maximum absolute atomic E-state index is 13.6. The number of nitrogens with zero attached hydrogens (tertiary/aromatic N) is 1. The molecular weight excluding hydrogens is 293 g/mol. The highest BCUT2D eigenvalue weighted by Crippen LogP contribution is 2.40. The summed E-state index contributed by atoms with van der Waals surface area (Å²) < 4.78 is 13.6. The number of hydrogen-bond donors (Lipinski definition) is 1. The molecule has 0 aliphatic carbocycles. The third-order valence-electron chi connectivity index (χ3n) is 3.45. The van der Waals surface area contributed by atoms with Crippen molar-refractivity contribution in [2.24, 2.45) is 0 Å². The average molecular weight is 305 g/mol. The maximum Gasteiger partial charge on any atom is 0.352 e. The van der Waals surface area contributed by atoms with Crippen LogP contribution in [0.1, 0.15) is 12.0 Å². The van der Waals surface area contributed by atoms with Crippen molar-refractivity contribution in [2.45, 2.75) is 11.8 Å². The number of aliphatic carboxylic acids is 1. The molecule has 0 radical (unpaired) electrons. The lowest BCUT2D eigenvalue weighted by Gasteiger charge is -2.43. The van der Waals surface area contributed by atoms with E-state index in [1.54, 1.807) is 30.4 Å². The Balaban J connectivity index is 1.95. The number of benzene rings is 1. The number of halogens is 1. The van der Waals surface area contributed by atoms with Crippen LogP contribution in [-0.2, 0) is 9.59 Å². The molecule has 0 spiro atoms. The van der Waals surface area contributed by atoms with E-state index in [1.165, 1.54) is 22.7 Å². The molecule has 2 aliphatic heterocycles. The second-order valence-electron chi connectivity index (χ2n) is 4.77. The van der Waals surface area contributed by atoms with Crippen LogP contribution in [0.15, 0.2) is 41.6 Å². The summed E-state index contributed by atoms with van der Waals surface area (Å²) in [6.07, 6.45) is 3.50.